The number of Topliss-reactive ketones (excluding diaryl/α,β-unsaturated/α-hetero) is 1. The van der Waals surface area contributed by atoms with E-state index in [-0.39, 0.29) is 0 Å². The van der Waals surface area contributed by atoms with E-state index < -0.39 is 5.41 Å². The molecule has 0 fully saturated rings. The van der Waals surface area contributed by atoms with Crippen LogP contribution in [0.2, 0.25) is 0 Å². The number of hydrogen-bond acceptors (Lipinski definition) is 2. The summed E-state index contributed by atoms with van der Waals surface area (Å²) >= 11 is 0. The lowest BCUT2D eigenvalue weighted by Gasteiger charge is -2.33. The summed E-state index contributed by atoms with van der Waals surface area (Å²) < 4.78 is 5.36. The van der Waals surface area contributed by atoms with E-state index in [0.717, 1.165) is 24.8 Å². The average Bonchev–Trinajstić information content (AvgIpc) is 2.45. The van der Waals surface area contributed by atoms with E-state index >= 15 is 0 Å². The summed E-state index contributed by atoms with van der Waals surface area (Å²) in [5.41, 5.74) is 0.643. The van der Waals surface area contributed by atoms with E-state index in [1.165, 1.54) is 12.8 Å². The molecule has 2 heteroatoms. The molecule has 0 spiro atoms. The lowest BCUT2D eigenvalue weighted by Crippen LogP contribution is -2.37. The van der Waals surface area contributed by atoms with Crippen LogP contribution in [0.1, 0.15) is 59.3 Å². The smallest absolute Gasteiger partial charge is 0.149 e. The molecular weight excluding hydrogens is 248 g/mol. The molecule has 2 unspecified atom stereocenters. The van der Waals surface area contributed by atoms with Crippen molar-refractivity contribution in [3.05, 3.63) is 23.8 Å². The van der Waals surface area contributed by atoms with Gasteiger partial charge < -0.3 is 4.74 Å². The normalized spacial score (nSPS) is 23.5. The van der Waals surface area contributed by atoms with E-state index in [4.69, 9.17) is 4.74 Å². The molecule has 2 nitrogen and oxygen atoms in total. The van der Waals surface area contributed by atoms with Crippen molar-refractivity contribution >= 4 is 5.78 Å². The van der Waals surface area contributed by atoms with Gasteiger partial charge in [0.15, 0.2) is 0 Å². The maximum atomic E-state index is 12.9. The number of ether oxygens (including phenoxy) is 1. The summed E-state index contributed by atoms with van der Waals surface area (Å²) in [5, 5.41) is 0. The van der Waals surface area contributed by atoms with Crippen molar-refractivity contribution in [3.63, 3.8) is 0 Å². The molecule has 1 rings (SSSR count). The van der Waals surface area contributed by atoms with Crippen LogP contribution >= 0.6 is 0 Å². The first-order valence-electron chi connectivity index (χ1n) is 7.97. The second kappa shape index (κ2) is 8.41. The van der Waals surface area contributed by atoms with Crippen LogP contribution in [0.4, 0.5) is 0 Å². The summed E-state index contributed by atoms with van der Waals surface area (Å²) in [7, 11) is 1.68. The summed E-state index contributed by atoms with van der Waals surface area (Å²) in [6.45, 7) is 6.93. The minimum Gasteiger partial charge on any atom is -0.383 e. The second-order valence-corrected chi connectivity index (χ2v) is 5.97. The standard InChI is InChI=1S/C18H30O2/c1-5-7-11-16(6-2)13-17(19)18(14-20-4)12-9-8-10-15(18)3/h9-10,12,16H,5-8,11,13-14H2,1-4H3. The third-order valence-electron chi connectivity index (χ3n) is 4.55. The van der Waals surface area contributed by atoms with Gasteiger partial charge in [-0.25, -0.2) is 0 Å². The van der Waals surface area contributed by atoms with Crippen molar-refractivity contribution in [2.45, 2.75) is 59.3 Å². The number of methoxy groups -OCH3 is 1. The maximum absolute atomic E-state index is 12.9. The molecule has 0 aromatic heterocycles. The highest BCUT2D eigenvalue weighted by Gasteiger charge is 2.38. The van der Waals surface area contributed by atoms with E-state index in [1.54, 1.807) is 7.11 Å². The molecular formula is C18H30O2. The van der Waals surface area contributed by atoms with Gasteiger partial charge in [-0.1, -0.05) is 63.3 Å². The van der Waals surface area contributed by atoms with Crippen molar-refractivity contribution in [1.82, 2.24) is 0 Å². The number of carbonyl (C=O) groups is 1. The molecule has 0 saturated carbocycles. The molecule has 1 aliphatic rings. The van der Waals surface area contributed by atoms with E-state index in [9.17, 15) is 4.79 Å². The Kier molecular flexibility index (Phi) is 7.22. The lowest BCUT2D eigenvalue weighted by molar-refractivity contribution is -0.128. The molecule has 20 heavy (non-hydrogen) atoms. The maximum Gasteiger partial charge on any atom is 0.149 e. The number of allylic oxidation sites excluding steroid dienone is 2. The van der Waals surface area contributed by atoms with Crippen molar-refractivity contribution in [2.24, 2.45) is 11.3 Å². The van der Waals surface area contributed by atoms with Crippen LogP contribution in [0, 0.1) is 11.3 Å². The number of carbonyl (C=O) groups excluding carboxylic acids is 1. The highest BCUT2D eigenvalue weighted by Crippen LogP contribution is 2.37. The molecule has 114 valence electrons. The van der Waals surface area contributed by atoms with Gasteiger partial charge in [0.1, 0.15) is 5.78 Å². The second-order valence-electron chi connectivity index (χ2n) is 5.97. The third-order valence-corrected chi connectivity index (χ3v) is 4.55. The lowest BCUT2D eigenvalue weighted by atomic mass is 9.71. The Bertz CT molecular complexity index is 368. The quantitative estimate of drug-likeness (QED) is 0.571. The Morgan fingerprint density at radius 3 is 2.75 bits per heavy atom. The molecule has 0 bridgehead atoms. The minimum atomic E-state index is -0.507. The molecule has 0 heterocycles. The zero-order valence-electron chi connectivity index (χ0n) is 13.6. The van der Waals surface area contributed by atoms with E-state index in [0.29, 0.717) is 24.7 Å². The van der Waals surface area contributed by atoms with Crippen LogP contribution in [-0.2, 0) is 9.53 Å². The van der Waals surface area contributed by atoms with Crippen LogP contribution in [-0.4, -0.2) is 19.5 Å². The predicted molar refractivity (Wildman–Crippen MR) is 84.8 cm³/mol. The molecule has 0 aliphatic heterocycles. The average molecular weight is 278 g/mol. The largest absolute Gasteiger partial charge is 0.383 e. The van der Waals surface area contributed by atoms with Gasteiger partial charge in [0.25, 0.3) is 0 Å². The van der Waals surface area contributed by atoms with Crippen LogP contribution in [0.25, 0.3) is 0 Å². The van der Waals surface area contributed by atoms with Crippen molar-refractivity contribution in [3.8, 4) is 0 Å². The van der Waals surface area contributed by atoms with Crippen molar-refractivity contribution < 1.29 is 9.53 Å². The van der Waals surface area contributed by atoms with Crippen LogP contribution in [0.15, 0.2) is 23.8 Å². The Labute approximate surface area is 124 Å². The SMILES string of the molecule is CCCCC(CC)CC(=O)C1(COC)C=CCC=C1C. The van der Waals surface area contributed by atoms with Gasteiger partial charge in [-0.05, 0) is 19.3 Å². The third kappa shape index (κ3) is 4.05. The molecule has 0 radical (unpaired) electrons. The van der Waals surface area contributed by atoms with Gasteiger partial charge in [-0.3, -0.25) is 4.79 Å². The first-order valence-corrected chi connectivity index (χ1v) is 7.97. The van der Waals surface area contributed by atoms with Crippen molar-refractivity contribution in [1.29, 1.82) is 0 Å². The van der Waals surface area contributed by atoms with Gasteiger partial charge in [0.2, 0.25) is 0 Å². The first-order chi connectivity index (χ1) is 9.60. The van der Waals surface area contributed by atoms with E-state index in [1.807, 2.05) is 0 Å². The molecule has 0 amide bonds. The van der Waals surface area contributed by atoms with Crippen LogP contribution in [0.5, 0.6) is 0 Å². The number of unbranched alkanes of at least 4 members (excludes halogenated alkanes) is 1. The van der Waals surface area contributed by atoms with Crippen LogP contribution in [0.3, 0.4) is 0 Å². The summed E-state index contributed by atoms with van der Waals surface area (Å²) in [5.74, 6) is 0.839. The Balaban J connectivity index is 2.81. The van der Waals surface area contributed by atoms with Gasteiger partial charge in [-0.2, -0.15) is 0 Å². The number of hydrogen-bond donors (Lipinski definition) is 0. The summed E-state index contributed by atoms with van der Waals surface area (Å²) in [6, 6.07) is 0. The molecule has 1 aliphatic carbocycles. The fourth-order valence-electron chi connectivity index (χ4n) is 3.00. The Morgan fingerprint density at radius 2 is 2.20 bits per heavy atom. The highest BCUT2D eigenvalue weighted by molar-refractivity contribution is 5.90. The highest BCUT2D eigenvalue weighted by atomic mass is 16.5. The van der Waals surface area contributed by atoms with Gasteiger partial charge in [0.05, 0.1) is 12.0 Å². The fourth-order valence-corrected chi connectivity index (χ4v) is 3.00. The van der Waals surface area contributed by atoms with E-state index in [2.05, 4.69) is 39.0 Å². The molecule has 0 aromatic rings. The molecule has 0 aromatic carbocycles. The van der Waals surface area contributed by atoms with Gasteiger partial charge in [-0.15, -0.1) is 0 Å². The zero-order chi connectivity index (χ0) is 15.0. The predicted octanol–water partition coefficient (Wildman–Crippen LogP) is 4.70. The van der Waals surface area contributed by atoms with Gasteiger partial charge in [0, 0.05) is 13.5 Å². The Morgan fingerprint density at radius 1 is 1.45 bits per heavy atom. The molecule has 0 N–H and O–H groups in total. The minimum absolute atomic E-state index is 0.326. The number of rotatable bonds is 9. The molecule has 2 atom stereocenters. The Hall–Kier alpha value is -0.890. The monoisotopic (exact) mass is 278 g/mol. The van der Waals surface area contributed by atoms with Gasteiger partial charge >= 0.3 is 0 Å². The summed E-state index contributed by atoms with van der Waals surface area (Å²) in [4.78, 5) is 12.9. The van der Waals surface area contributed by atoms with Crippen LogP contribution < -0.4 is 0 Å². The molecule has 0 saturated heterocycles. The first kappa shape index (κ1) is 17.2. The van der Waals surface area contributed by atoms with Crippen molar-refractivity contribution in [2.75, 3.05) is 13.7 Å². The fraction of sp³-hybridized carbons (Fsp3) is 0.722. The topological polar surface area (TPSA) is 26.3 Å². The summed E-state index contributed by atoms with van der Waals surface area (Å²) in [6.07, 6.45) is 12.6. The number of ketones is 1. The zero-order valence-corrected chi connectivity index (χ0v) is 13.6.